The molecule has 5 nitrogen and oxygen atoms in total. The molecule has 0 heterocycles. The Hall–Kier alpha value is -1.77. The highest BCUT2D eigenvalue weighted by atomic mass is 16.3. The number of likely N-dealkylation sites (N-methyl/N-ethyl adjacent to an activating group) is 1. The fourth-order valence-electron chi connectivity index (χ4n) is 1.39. The molecule has 3 N–H and O–H groups in total. The maximum absolute atomic E-state index is 9.36. The Morgan fingerprint density at radius 2 is 2.06 bits per heavy atom. The highest BCUT2D eigenvalue weighted by Gasteiger charge is 2.11. The molecule has 0 fully saturated rings. The molecular weight excluding hydrogens is 218 g/mol. The molecule has 5 heteroatoms. The summed E-state index contributed by atoms with van der Waals surface area (Å²) in [7, 11) is 3.91. The molecule has 0 aromatic heterocycles. The number of phenolic OH excluding ortho intramolecular Hbond substituents is 2. The number of phenols is 2. The Labute approximate surface area is 101 Å². The van der Waals surface area contributed by atoms with Crippen LogP contribution in [0.5, 0.6) is 11.5 Å². The predicted octanol–water partition coefficient (Wildman–Crippen LogP) is 0.814. The van der Waals surface area contributed by atoms with E-state index in [1.807, 2.05) is 19.0 Å². The van der Waals surface area contributed by atoms with Gasteiger partial charge in [-0.25, -0.2) is 0 Å². The Kier molecular flexibility index (Phi) is 4.76. The summed E-state index contributed by atoms with van der Waals surface area (Å²) in [4.78, 5) is 2.01. The number of benzene rings is 1. The van der Waals surface area contributed by atoms with Crippen molar-refractivity contribution in [3.05, 3.63) is 23.8 Å². The van der Waals surface area contributed by atoms with Crippen LogP contribution < -0.4 is 5.32 Å². The van der Waals surface area contributed by atoms with Crippen LogP contribution in [-0.2, 0) is 0 Å². The second-order valence-corrected chi connectivity index (χ2v) is 4.07. The fraction of sp³-hybridized carbons (Fsp3) is 0.417. The zero-order chi connectivity index (χ0) is 12.8. The molecular formula is C12H17N3O2. The molecule has 0 aliphatic rings. The van der Waals surface area contributed by atoms with Crippen molar-refractivity contribution in [3.63, 3.8) is 0 Å². The summed E-state index contributed by atoms with van der Waals surface area (Å²) < 4.78 is 0. The lowest BCUT2D eigenvalue weighted by atomic mass is 10.1. The van der Waals surface area contributed by atoms with E-state index in [1.54, 1.807) is 6.07 Å². The van der Waals surface area contributed by atoms with Gasteiger partial charge in [0, 0.05) is 13.1 Å². The van der Waals surface area contributed by atoms with Crippen molar-refractivity contribution in [3.8, 4) is 17.6 Å². The maximum Gasteiger partial charge on any atom is 0.157 e. The molecule has 0 saturated carbocycles. The van der Waals surface area contributed by atoms with E-state index < -0.39 is 6.04 Å². The summed E-state index contributed by atoms with van der Waals surface area (Å²) in [6.07, 6.45) is 0. The van der Waals surface area contributed by atoms with Crippen molar-refractivity contribution in [2.24, 2.45) is 0 Å². The second-order valence-electron chi connectivity index (χ2n) is 4.07. The first-order valence-electron chi connectivity index (χ1n) is 5.34. The molecule has 0 spiro atoms. The number of rotatable bonds is 5. The van der Waals surface area contributed by atoms with Crippen LogP contribution in [0.15, 0.2) is 18.2 Å². The van der Waals surface area contributed by atoms with Crippen LogP contribution in [0.25, 0.3) is 0 Å². The number of hydrogen-bond acceptors (Lipinski definition) is 5. The van der Waals surface area contributed by atoms with Gasteiger partial charge in [0.15, 0.2) is 11.5 Å². The Bertz CT molecular complexity index is 413. The van der Waals surface area contributed by atoms with Crippen LogP contribution in [0.3, 0.4) is 0 Å². The third kappa shape index (κ3) is 3.94. The van der Waals surface area contributed by atoms with Gasteiger partial charge in [-0.05, 0) is 31.8 Å². The smallest absolute Gasteiger partial charge is 0.157 e. The number of nitrogens with zero attached hydrogens (tertiary/aromatic N) is 2. The molecule has 0 radical (unpaired) electrons. The van der Waals surface area contributed by atoms with Crippen molar-refractivity contribution in [2.75, 3.05) is 27.2 Å². The van der Waals surface area contributed by atoms with Crippen LogP contribution in [-0.4, -0.2) is 42.3 Å². The van der Waals surface area contributed by atoms with E-state index in [1.165, 1.54) is 12.1 Å². The van der Waals surface area contributed by atoms with Crippen molar-refractivity contribution >= 4 is 0 Å². The van der Waals surface area contributed by atoms with Gasteiger partial charge in [0.1, 0.15) is 6.04 Å². The van der Waals surface area contributed by atoms with E-state index in [4.69, 9.17) is 5.26 Å². The third-order valence-electron chi connectivity index (χ3n) is 2.37. The molecule has 1 rings (SSSR count). The lowest BCUT2D eigenvalue weighted by Gasteiger charge is -2.15. The van der Waals surface area contributed by atoms with Gasteiger partial charge in [-0.2, -0.15) is 5.26 Å². The van der Waals surface area contributed by atoms with Crippen molar-refractivity contribution in [2.45, 2.75) is 6.04 Å². The topological polar surface area (TPSA) is 79.5 Å². The maximum atomic E-state index is 9.36. The van der Waals surface area contributed by atoms with Crippen molar-refractivity contribution < 1.29 is 10.2 Å². The van der Waals surface area contributed by atoms with E-state index >= 15 is 0 Å². The molecule has 17 heavy (non-hydrogen) atoms. The van der Waals surface area contributed by atoms with E-state index in [0.29, 0.717) is 12.1 Å². The molecule has 1 unspecified atom stereocenters. The number of aromatic hydroxyl groups is 2. The molecule has 1 atom stereocenters. The van der Waals surface area contributed by atoms with Gasteiger partial charge >= 0.3 is 0 Å². The van der Waals surface area contributed by atoms with E-state index in [9.17, 15) is 10.2 Å². The first-order chi connectivity index (χ1) is 8.04. The third-order valence-corrected chi connectivity index (χ3v) is 2.37. The summed E-state index contributed by atoms with van der Waals surface area (Å²) in [5.74, 6) is -0.393. The van der Waals surface area contributed by atoms with Crippen molar-refractivity contribution in [1.29, 1.82) is 5.26 Å². The van der Waals surface area contributed by atoms with Crippen molar-refractivity contribution in [1.82, 2.24) is 10.2 Å². The van der Waals surface area contributed by atoms with Crippen LogP contribution in [0, 0.1) is 11.3 Å². The summed E-state index contributed by atoms with van der Waals surface area (Å²) in [5, 5.41) is 30.7. The van der Waals surface area contributed by atoms with Gasteiger partial charge in [0.2, 0.25) is 0 Å². The molecule has 0 aliphatic carbocycles. The highest BCUT2D eigenvalue weighted by molar-refractivity contribution is 5.42. The minimum absolute atomic E-state index is 0.182. The summed E-state index contributed by atoms with van der Waals surface area (Å²) in [5.41, 5.74) is 0.640. The lowest BCUT2D eigenvalue weighted by molar-refractivity contribution is 0.392. The minimum Gasteiger partial charge on any atom is -0.504 e. The zero-order valence-corrected chi connectivity index (χ0v) is 10.0. The molecule has 0 aliphatic heterocycles. The summed E-state index contributed by atoms with van der Waals surface area (Å²) >= 11 is 0. The van der Waals surface area contributed by atoms with E-state index in [2.05, 4.69) is 11.4 Å². The quantitative estimate of drug-likeness (QED) is 0.658. The molecule has 0 amide bonds. The van der Waals surface area contributed by atoms with E-state index in [-0.39, 0.29) is 11.5 Å². The first-order valence-corrected chi connectivity index (χ1v) is 5.34. The summed E-state index contributed by atoms with van der Waals surface area (Å²) in [6, 6.07) is 6.02. The average Bonchev–Trinajstić information content (AvgIpc) is 2.28. The standard InChI is InChI=1S/C12H17N3O2/c1-15(2)6-5-14-10(8-13)9-3-4-11(16)12(17)7-9/h3-4,7,10,14,16-17H,5-6H2,1-2H3. The largest absolute Gasteiger partial charge is 0.504 e. The van der Waals surface area contributed by atoms with Gasteiger partial charge in [-0.15, -0.1) is 0 Å². The number of nitrogens with one attached hydrogen (secondary N) is 1. The van der Waals surface area contributed by atoms with E-state index in [0.717, 1.165) is 6.54 Å². The first kappa shape index (κ1) is 13.3. The predicted molar refractivity (Wildman–Crippen MR) is 64.7 cm³/mol. The monoisotopic (exact) mass is 235 g/mol. The lowest BCUT2D eigenvalue weighted by Crippen LogP contribution is -2.29. The van der Waals surface area contributed by atoms with Gasteiger partial charge < -0.3 is 15.1 Å². The average molecular weight is 235 g/mol. The molecule has 1 aromatic carbocycles. The number of hydrogen-bond donors (Lipinski definition) is 3. The highest BCUT2D eigenvalue weighted by Crippen LogP contribution is 2.27. The van der Waals surface area contributed by atoms with Gasteiger partial charge in [0.25, 0.3) is 0 Å². The van der Waals surface area contributed by atoms with Crippen LogP contribution in [0.1, 0.15) is 11.6 Å². The fourth-order valence-corrected chi connectivity index (χ4v) is 1.39. The van der Waals surface area contributed by atoms with Gasteiger partial charge in [-0.1, -0.05) is 6.07 Å². The van der Waals surface area contributed by atoms with Crippen LogP contribution in [0.2, 0.25) is 0 Å². The van der Waals surface area contributed by atoms with Gasteiger partial charge in [0.05, 0.1) is 6.07 Å². The SMILES string of the molecule is CN(C)CCNC(C#N)c1ccc(O)c(O)c1. The molecule has 1 aromatic rings. The molecule has 0 saturated heterocycles. The van der Waals surface area contributed by atoms with Crippen LogP contribution >= 0.6 is 0 Å². The normalized spacial score (nSPS) is 12.4. The minimum atomic E-state index is -0.485. The number of nitriles is 1. The summed E-state index contributed by atoms with van der Waals surface area (Å²) in [6.45, 7) is 1.50. The second kappa shape index (κ2) is 6.09. The zero-order valence-electron chi connectivity index (χ0n) is 10.0. The Morgan fingerprint density at radius 3 is 2.59 bits per heavy atom. The van der Waals surface area contributed by atoms with Crippen LogP contribution in [0.4, 0.5) is 0 Å². The van der Waals surface area contributed by atoms with Gasteiger partial charge in [-0.3, -0.25) is 5.32 Å². The Balaban J connectivity index is 2.67. The Morgan fingerprint density at radius 1 is 1.35 bits per heavy atom. The molecule has 92 valence electrons. The molecule has 0 bridgehead atoms.